The van der Waals surface area contributed by atoms with Gasteiger partial charge in [-0.15, -0.1) is 0 Å². The molecule has 0 aromatic carbocycles. The van der Waals surface area contributed by atoms with Gasteiger partial charge in [-0.05, 0) is 37.3 Å². The molecule has 1 unspecified atom stereocenters. The molecule has 1 aliphatic heterocycles. The number of pyridine rings is 1. The van der Waals surface area contributed by atoms with Crippen molar-refractivity contribution in [3.63, 3.8) is 0 Å². The zero-order chi connectivity index (χ0) is 13.0. The summed E-state index contributed by atoms with van der Waals surface area (Å²) in [6.45, 7) is 4.36. The molecule has 1 aliphatic rings. The number of hydrogen-bond acceptors (Lipinski definition) is 3. The van der Waals surface area contributed by atoms with Crippen molar-refractivity contribution in [3.8, 4) is 0 Å². The Morgan fingerprint density at radius 2 is 2.33 bits per heavy atom. The van der Waals surface area contributed by atoms with E-state index < -0.39 is 0 Å². The van der Waals surface area contributed by atoms with Crippen LogP contribution in [0.2, 0.25) is 0 Å². The molecule has 98 valence electrons. The number of carbonyl (C=O) groups excluding carboxylic acids is 1. The summed E-state index contributed by atoms with van der Waals surface area (Å²) in [7, 11) is 0. The molecular weight excluding hydrogens is 226 g/mol. The van der Waals surface area contributed by atoms with E-state index in [-0.39, 0.29) is 5.91 Å². The van der Waals surface area contributed by atoms with E-state index in [0.29, 0.717) is 12.1 Å². The molecule has 0 bridgehead atoms. The summed E-state index contributed by atoms with van der Waals surface area (Å²) < 4.78 is 0. The molecule has 2 heterocycles. The molecule has 1 fully saturated rings. The standard InChI is InChI=1S/C14H21N3O/c1-11-3-2-7-17(8-5-11)14(18)12-4-6-16-13(9-12)10-15/h4,6,9,11H,2-3,5,7-8,10,15H2,1H3. The Bertz CT molecular complexity index is 419. The zero-order valence-corrected chi connectivity index (χ0v) is 10.9. The van der Waals surface area contributed by atoms with Crippen molar-refractivity contribution >= 4 is 5.91 Å². The van der Waals surface area contributed by atoms with Crippen LogP contribution in [0.4, 0.5) is 0 Å². The zero-order valence-electron chi connectivity index (χ0n) is 10.9. The molecule has 1 aromatic heterocycles. The fourth-order valence-corrected chi connectivity index (χ4v) is 2.37. The largest absolute Gasteiger partial charge is 0.339 e. The highest BCUT2D eigenvalue weighted by atomic mass is 16.2. The minimum Gasteiger partial charge on any atom is -0.339 e. The Labute approximate surface area is 108 Å². The number of aromatic nitrogens is 1. The molecule has 18 heavy (non-hydrogen) atoms. The number of likely N-dealkylation sites (tertiary alicyclic amines) is 1. The third-order valence-corrected chi connectivity index (χ3v) is 3.58. The SMILES string of the molecule is CC1CCCN(C(=O)c2ccnc(CN)c2)CC1. The number of nitrogens with zero attached hydrogens (tertiary/aromatic N) is 2. The molecule has 4 heteroatoms. The van der Waals surface area contributed by atoms with Crippen LogP contribution in [0.25, 0.3) is 0 Å². The Morgan fingerprint density at radius 1 is 1.50 bits per heavy atom. The molecular formula is C14H21N3O. The lowest BCUT2D eigenvalue weighted by molar-refractivity contribution is 0.0760. The van der Waals surface area contributed by atoms with Gasteiger partial charge < -0.3 is 10.6 Å². The van der Waals surface area contributed by atoms with Gasteiger partial charge in [0.05, 0.1) is 5.69 Å². The molecule has 1 aromatic rings. The number of rotatable bonds is 2. The van der Waals surface area contributed by atoms with Gasteiger partial charge in [-0.25, -0.2) is 0 Å². The van der Waals surface area contributed by atoms with Gasteiger partial charge in [0.15, 0.2) is 0 Å². The Hall–Kier alpha value is -1.42. The molecule has 0 spiro atoms. The second-order valence-corrected chi connectivity index (χ2v) is 5.07. The van der Waals surface area contributed by atoms with Crippen LogP contribution in [-0.2, 0) is 6.54 Å². The van der Waals surface area contributed by atoms with Gasteiger partial charge in [-0.2, -0.15) is 0 Å². The van der Waals surface area contributed by atoms with E-state index in [1.165, 1.54) is 6.42 Å². The van der Waals surface area contributed by atoms with Crippen LogP contribution in [-0.4, -0.2) is 28.9 Å². The van der Waals surface area contributed by atoms with Crippen molar-refractivity contribution in [2.45, 2.75) is 32.7 Å². The lowest BCUT2D eigenvalue weighted by Crippen LogP contribution is -2.32. The topological polar surface area (TPSA) is 59.2 Å². The molecule has 4 nitrogen and oxygen atoms in total. The summed E-state index contributed by atoms with van der Waals surface area (Å²) in [5, 5.41) is 0. The van der Waals surface area contributed by atoms with Gasteiger partial charge >= 0.3 is 0 Å². The summed E-state index contributed by atoms with van der Waals surface area (Å²) in [6.07, 6.45) is 5.08. The summed E-state index contributed by atoms with van der Waals surface area (Å²) in [6, 6.07) is 3.58. The van der Waals surface area contributed by atoms with Crippen LogP contribution in [0, 0.1) is 5.92 Å². The van der Waals surface area contributed by atoms with Gasteiger partial charge in [0, 0.05) is 31.4 Å². The summed E-state index contributed by atoms with van der Waals surface area (Å²) >= 11 is 0. The van der Waals surface area contributed by atoms with Crippen LogP contribution < -0.4 is 5.73 Å². The summed E-state index contributed by atoms with van der Waals surface area (Å²) in [4.78, 5) is 18.5. The predicted octanol–water partition coefficient (Wildman–Crippen LogP) is 1.80. The maximum Gasteiger partial charge on any atom is 0.253 e. The third kappa shape index (κ3) is 3.07. The minimum atomic E-state index is 0.112. The van der Waals surface area contributed by atoms with Crippen molar-refractivity contribution in [2.75, 3.05) is 13.1 Å². The lowest BCUT2D eigenvalue weighted by atomic mass is 10.0. The molecule has 0 saturated carbocycles. The van der Waals surface area contributed by atoms with Crippen LogP contribution >= 0.6 is 0 Å². The van der Waals surface area contributed by atoms with Crippen molar-refractivity contribution in [2.24, 2.45) is 11.7 Å². The van der Waals surface area contributed by atoms with Gasteiger partial charge in [0.1, 0.15) is 0 Å². The minimum absolute atomic E-state index is 0.112. The first-order valence-corrected chi connectivity index (χ1v) is 6.65. The van der Waals surface area contributed by atoms with Crippen molar-refractivity contribution in [3.05, 3.63) is 29.6 Å². The van der Waals surface area contributed by atoms with Crippen LogP contribution in [0.3, 0.4) is 0 Å². The maximum atomic E-state index is 12.4. The van der Waals surface area contributed by atoms with Crippen LogP contribution in [0.5, 0.6) is 0 Å². The monoisotopic (exact) mass is 247 g/mol. The van der Waals surface area contributed by atoms with E-state index in [9.17, 15) is 4.79 Å². The molecule has 0 radical (unpaired) electrons. The normalized spacial score (nSPS) is 20.6. The second-order valence-electron chi connectivity index (χ2n) is 5.07. The number of hydrogen-bond donors (Lipinski definition) is 1. The van der Waals surface area contributed by atoms with E-state index >= 15 is 0 Å². The van der Waals surface area contributed by atoms with E-state index in [2.05, 4.69) is 11.9 Å². The van der Waals surface area contributed by atoms with Crippen molar-refractivity contribution in [1.29, 1.82) is 0 Å². The molecule has 1 amide bonds. The Morgan fingerprint density at radius 3 is 3.11 bits per heavy atom. The van der Waals surface area contributed by atoms with Gasteiger partial charge in [-0.1, -0.05) is 6.92 Å². The fraction of sp³-hybridized carbons (Fsp3) is 0.571. The molecule has 1 saturated heterocycles. The maximum absolute atomic E-state index is 12.4. The first-order chi connectivity index (χ1) is 8.70. The van der Waals surface area contributed by atoms with Crippen LogP contribution in [0.15, 0.2) is 18.3 Å². The number of amides is 1. The Balaban J connectivity index is 2.09. The van der Waals surface area contributed by atoms with E-state index in [0.717, 1.165) is 37.5 Å². The summed E-state index contributed by atoms with van der Waals surface area (Å²) in [5.41, 5.74) is 7.03. The first kappa shape index (κ1) is 13.0. The molecule has 2 rings (SSSR count). The average molecular weight is 247 g/mol. The van der Waals surface area contributed by atoms with E-state index in [1.54, 1.807) is 18.3 Å². The fourth-order valence-electron chi connectivity index (χ4n) is 2.37. The quantitative estimate of drug-likeness (QED) is 0.867. The number of carbonyl (C=O) groups is 1. The third-order valence-electron chi connectivity index (χ3n) is 3.58. The lowest BCUT2D eigenvalue weighted by Gasteiger charge is -2.20. The smallest absolute Gasteiger partial charge is 0.253 e. The van der Waals surface area contributed by atoms with E-state index in [4.69, 9.17) is 5.73 Å². The van der Waals surface area contributed by atoms with Gasteiger partial charge in [0.2, 0.25) is 0 Å². The highest BCUT2D eigenvalue weighted by Crippen LogP contribution is 2.18. The highest BCUT2D eigenvalue weighted by Gasteiger charge is 2.19. The first-order valence-electron chi connectivity index (χ1n) is 6.65. The predicted molar refractivity (Wildman–Crippen MR) is 71.0 cm³/mol. The Kier molecular flexibility index (Phi) is 4.31. The highest BCUT2D eigenvalue weighted by molar-refractivity contribution is 5.94. The molecule has 2 N–H and O–H groups in total. The molecule has 1 atom stereocenters. The van der Waals surface area contributed by atoms with Crippen LogP contribution in [0.1, 0.15) is 42.2 Å². The van der Waals surface area contributed by atoms with Gasteiger partial charge in [0.25, 0.3) is 5.91 Å². The van der Waals surface area contributed by atoms with E-state index in [1.807, 2.05) is 4.90 Å². The van der Waals surface area contributed by atoms with Crippen molar-refractivity contribution in [1.82, 2.24) is 9.88 Å². The number of nitrogens with two attached hydrogens (primary N) is 1. The average Bonchev–Trinajstić information content (AvgIpc) is 2.63. The van der Waals surface area contributed by atoms with Crippen molar-refractivity contribution < 1.29 is 4.79 Å². The second kappa shape index (κ2) is 5.96. The summed E-state index contributed by atoms with van der Waals surface area (Å²) in [5.74, 6) is 0.834. The van der Waals surface area contributed by atoms with Gasteiger partial charge in [-0.3, -0.25) is 9.78 Å². The molecule has 0 aliphatic carbocycles.